The van der Waals surface area contributed by atoms with E-state index in [1.165, 1.54) is 0 Å². The van der Waals surface area contributed by atoms with E-state index in [-0.39, 0.29) is 11.8 Å². The highest BCUT2D eigenvalue weighted by atomic mass is 16.2. The molecule has 0 aliphatic rings. The van der Waals surface area contributed by atoms with Crippen LogP contribution in [0.25, 0.3) is 0 Å². The monoisotopic (exact) mass is 305 g/mol. The van der Waals surface area contributed by atoms with Gasteiger partial charge in [0.2, 0.25) is 5.91 Å². The molecule has 1 rings (SSSR count). The highest BCUT2D eigenvalue weighted by Crippen LogP contribution is 2.05. The predicted molar refractivity (Wildman–Crippen MR) is 88.4 cm³/mol. The Labute approximate surface area is 132 Å². The van der Waals surface area contributed by atoms with E-state index in [0.29, 0.717) is 25.1 Å². The molecule has 0 aliphatic heterocycles. The lowest BCUT2D eigenvalue weighted by Crippen LogP contribution is -2.40. The minimum atomic E-state index is -0.450. The van der Waals surface area contributed by atoms with Gasteiger partial charge in [-0.2, -0.15) is 0 Å². The van der Waals surface area contributed by atoms with Crippen LogP contribution >= 0.6 is 0 Å². The zero-order valence-electron chi connectivity index (χ0n) is 13.5. The van der Waals surface area contributed by atoms with Crippen molar-refractivity contribution in [1.29, 1.82) is 0 Å². The fourth-order valence-electron chi connectivity index (χ4n) is 2.02. The Hall–Kier alpha value is -1.88. The molecule has 4 N–H and O–H groups in total. The van der Waals surface area contributed by atoms with E-state index in [0.717, 1.165) is 24.8 Å². The second kappa shape index (κ2) is 9.95. The van der Waals surface area contributed by atoms with Crippen molar-refractivity contribution >= 4 is 11.8 Å². The smallest absolute Gasteiger partial charge is 0.251 e. The summed E-state index contributed by atoms with van der Waals surface area (Å²) >= 11 is 0. The van der Waals surface area contributed by atoms with E-state index >= 15 is 0 Å². The summed E-state index contributed by atoms with van der Waals surface area (Å²) in [4.78, 5) is 23.6. The quantitative estimate of drug-likeness (QED) is 0.610. The summed E-state index contributed by atoms with van der Waals surface area (Å²) in [6, 6.07) is 6.79. The first-order valence-corrected chi connectivity index (χ1v) is 7.98. The maximum Gasteiger partial charge on any atom is 0.251 e. The van der Waals surface area contributed by atoms with E-state index in [2.05, 4.69) is 17.6 Å². The van der Waals surface area contributed by atoms with Gasteiger partial charge < -0.3 is 16.4 Å². The average Bonchev–Trinajstić information content (AvgIpc) is 2.53. The largest absolute Gasteiger partial charge is 0.352 e. The van der Waals surface area contributed by atoms with E-state index in [1.54, 1.807) is 12.1 Å². The predicted octanol–water partition coefficient (Wildman–Crippen LogP) is 1.96. The van der Waals surface area contributed by atoms with Crippen LogP contribution in [0, 0.1) is 0 Å². The van der Waals surface area contributed by atoms with Crippen molar-refractivity contribution in [2.75, 3.05) is 6.54 Å². The summed E-state index contributed by atoms with van der Waals surface area (Å²) in [7, 11) is 0. The van der Waals surface area contributed by atoms with Crippen LogP contribution in [0.1, 0.15) is 55.5 Å². The van der Waals surface area contributed by atoms with E-state index in [1.807, 2.05) is 19.1 Å². The lowest BCUT2D eigenvalue weighted by Gasteiger charge is -2.11. The van der Waals surface area contributed by atoms with Crippen molar-refractivity contribution in [2.45, 2.75) is 52.1 Å². The summed E-state index contributed by atoms with van der Waals surface area (Å²) in [5.74, 6) is -0.197. The standard InChI is InChI=1S/C17H27N3O2/c1-3-5-11-19-16(21)14-9-7-13(8-10-14)12-20-17(22)15(18)6-4-2/h7-10,15H,3-6,11-12,18H2,1-2H3,(H,19,21)(H,20,22). The third-order valence-electron chi connectivity index (χ3n) is 3.44. The SMILES string of the molecule is CCCCNC(=O)c1ccc(CNC(=O)C(N)CCC)cc1. The van der Waals surface area contributed by atoms with Crippen LogP contribution in [0.5, 0.6) is 0 Å². The van der Waals surface area contributed by atoms with Crippen LogP contribution in [0.4, 0.5) is 0 Å². The number of nitrogens with one attached hydrogen (secondary N) is 2. The molecule has 1 aromatic rings. The van der Waals surface area contributed by atoms with Crippen molar-refractivity contribution in [2.24, 2.45) is 5.73 Å². The fraction of sp³-hybridized carbons (Fsp3) is 0.529. The number of benzene rings is 1. The molecule has 22 heavy (non-hydrogen) atoms. The third kappa shape index (κ3) is 6.26. The number of carbonyl (C=O) groups excluding carboxylic acids is 2. The molecule has 5 nitrogen and oxygen atoms in total. The Balaban J connectivity index is 2.44. The Kier molecular flexibility index (Phi) is 8.22. The maximum absolute atomic E-state index is 11.9. The number of nitrogens with two attached hydrogens (primary N) is 1. The van der Waals surface area contributed by atoms with Gasteiger partial charge in [-0.3, -0.25) is 9.59 Å². The minimum Gasteiger partial charge on any atom is -0.352 e. The summed E-state index contributed by atoms with van der Waals surface area (Å²) < 4.78 is 0. The van der Waals surface area contributed by atoms with Gasteiger partial charge in [-0.25, -0.2) is 0 Å². The normalized spacial score (nSPS) is 11.8. The topological polar surface area (TPSA) is 84.2 Å². The van der Waals surface area contributed by atoms with Gasteiger partial charge in [-0.1, -0.05) is 38.8 Å². The van der Waals surface area contributed by atoms with Gasteiger partial charge in [0.25, 0.3) is 5.91 Å². The van der Waals surface area contributed by atoms with Crippen LogP contribution < -0.4 is 16.4 Å². The van der Waals surface area contributed by atoms with E-state index in [4.69, 9.17) is 5.73 Å². The second-order valence-electron chi connectivity index (χ2n) is 5.42. The summed E-state index contributed by atoms with van der Waals surface area (Å²) in [6.07, 6.45) is 3.60. The fourth-order valence-corrected chi connectivity index (χ4v) is 2.02. The Morgan fingerprint density at radius 2 is 1.77 bits per heavy atom. The van der Waals surface area contributed by atoms with Crippen molar-refractivity contribution in [3.05, 3.63) is 35.4 Å². The molecule has 0 aliphatic carbocycles. The third-order valence-corrected chi connectivity index (χ3v) is 3.44. The number of amides is 2. The summed E-state index contributed by atoms with van der Waals surface area (Å²) in [6.45, 7) is 5.20. The molecular formula is C17H27N3O2. The first-order valence-electron chi connectivity index (χ1n) is 7.98. The van der Waals surface area contributed by atoms with Crippen molar-refractivity contribution in [3.8, 4) is 0 Å². The van der Waals surface area contributed by atoms with E-state index in [9.17, 15) is 9.59 Å². The van der Waals surface area contributed by atoms with Gasteiger partial charge >= 0.3 is 0 Å². The molecule has 0 saturated heterocycles. The molecule has 1 atom stereocenters. The molecule has 0 radical (unpaired) electrons. The second-order valence-corrected chi connectivity index (χ2v) is 5.42. The molecule has 1 aromatic carbocycles. The first-order chi connectivity index (χ1) is 10.6. The molecule has 0 aromatic heterocycles. The molecular weight excluding hydrogens is 278 g/mol. The summed E-state index contributed by atoms with van der Waals surface area (Å²) in [5.41, 5.74) is 7.33. The molecule has 0 fully saturated rings. The molecule has 0 heterocycles. The van der Waals surface area contributed by atoms with Crippen LogP contribution in [-0.4, -0.2) is 24.4 Å². The van der Waals surface area contributed by atoms with Gasteiger partial charge in [0.15, 0.2) is 0 Å². The van der Waals surface area contributed by atoms with Crippen LogP contribution in [0.15, 0.2) is 24.3 Å². The molecule has 1 unspecified atom stereocenters. The zero-order valence-corrected chi connectivity index (χ0v) is 13.5. The molecule has 122 valence electrons. The van der Waals surface area contributed by atoms with E-state index < -0.39 is 6.04 Å². The molecule has 2 amide bonds. The van der Waals surface area contributed by atoms with Gasteiger partial charge in [0, 0.05) is 18.7 Å². The highest BCUT2D eigenvalue weighted by molar-refractivity contribution is 5.94. The average molecular weight is 305 g/mol. The number of rotatable bonds is 9. The van der Waals surface area contributed by atoms with Gasteiger partial charge in [0.05, 0.1) is 6.04 Å². The zero-order chi connectivity index (χ0) is 16.4. The molecule has 0 saturated carbocycles. The first kappa shape index (κ1) is 18.2. The number of carbonyl (C=O) groups is 2. The Bertz CT molecular complexity index is 471. The summed E-state index contributed by atoms with van der Waals surface area (Å²) in [5, 5.41) is 5.68. The van der Waals surface area contributed by atoms with Crippen molar-refractivity contribution in [3.63, 3.8) is 0 Å². The Morgan fingerprint density at radius 1 is 1.09 bits per heavy atom. The molecule has 0 bridgehead atoms. The number of hydrogen-bond acceptors (Lipinski definition) is 3. The van der Waals surface area contributed by atoms with Crippen LogP contribution in [0.2, 0.25) is 0 Å². The Morgan fingerprint density at radius 3 is 2.36 bits per heavy atom. The lowest BCUT2D eigenvalue weighted by molar-refractivity contribution is -0.122. The molecule has 5 heteroatoms. The number of unbranched alkanes of at least 4 members (excludes halogenated alkanes) is 1. The van der Waals surface area contributed by atoms with Crippen molar-refractivity contribution < 1.29 is 9.59 Å². The number of hydrogen-bond donors (Lipinski definition) is 3. The van der Waals surface area contributed by atoms with Gasteiger partial charge in [-0.15, -0.1) is 0 Å². The van der Waals surface area contributed by atoms with Gasteiger partial charge in [0.1, 0.15) is 0 Å². The van der Waals surface area contributed by atoms with Crippen LogP contribution in [0.3, 0.4) is 0 Å². The maximum atomic E-state index is 11.9. The molecule has 0 spiro atoms. The van der Waals surface area contributed by atoms with Crippen LogP contribution in [-0.2, 0) is 11.3 Å². The highest BCUT2D eigenvalue weighted by Gasteiger charge is 2.11. The van der Waals surface area contributed by atoms with Gasteiger partial charge in [-0.05, 0) is 30.5 Å². The van der Waals surface area contributed by atoms with Crippen molar-refractivity contribution in [1.82, 2.24) is 10.6 Å². The minimum absolute atomic E-state index is 0.0611. The lowest BCUT2D eigenvalue weighted by atomic mass is 10.1.